The third-order valence-electron chi connectivity index (χ3n) is 5.41. The van der Waals surface area contributed by atoms with Crippen LogP contribution in [-0.4, -0.2) is 5.75 Å². The van der Waals surface area contributed by atoms with Gasteiger partial charge in [-0.2, -0.15) is 5.26 Å². The Morgan fingerprint density at radius 1 is 1.17 bits per heavy atom. The maximum absolute atomic E-state index is 8.91. The SMILES string of the molecule is CCS/C(=C\C#N)CC1C2CC3CC(C2)CC1C3. The van der Waals surface area contributed by atoms with Gasteiger partial charge in [0.2, 0.25) is 0 Å². The quantitative estimate of drug-likeness (QED) is 0.690. The van der Waals surface area contributed by atoms with Gasteiger partial charge >= 0.3 is 0 Å². The first-order chi connectivity index (χ1) is 8.80. The molecule has 4 bridgehead atoms. The van der Waals surface area contributed by atoms with Gasteiger partial charge in [-0.1, -0.05) is 6.92 Å². The molecule has 0 atom stereocenters. The Hall–Kier alpha value is -0.420. The van der Waals surface area contributed by atoms with Crippen LogP contribution in [-0.2, 0) is 0 Å². The standard InChI is InChI=1S/C16H23NS/c1-2-18-15(3-4-17)10-16-13-6-11-5-12(8-13)9-14(16)7-11/h3,11-14,16H,2,5-10H2,1H3/b15-3-. The van der Waals surface area contributed by atoms with E-state index in [4.69, 9.17) is 5.26 Å². The van der Waals surface area contributed by atoms with Gasteiger partial charge in [0, 0.05) is 6.08 Å². The minimum atomic E-state index is 0.899. The van der Waals surface area contributed by atoms with Crippen LogP contribution < -0.4 is 0 Å². The highest BCUT2D eigenvalue weighted by atomic mass is 32.2. The Bertz CT molecular complexity index is 351. The lowest BCUT2D eigenvalue weighted by atomic mass is 9.51. The van der Waals surface area contributed by atoms with Crippen molar-refractivity contribution in [2.24, 2.45) is 29.6 Å². The molecule has 1 nitrogen and oxygen atoms in total. The van der Waals surface area contributed by atoms with E-state index in [2.05, 4.69) is 13.0 Å². The van der Waals surface area contributed by atoms with Gasteiger partial charge in [0.1, 0.15) is 0 Å². The van der Waals surface area contributed by atoms with Crippen LogP contribution in [0.1, 0.15) is 45.4 Å². The van der Waals surface area contributed by atoms with E-state index in [1.807, 2.05) is 11.8 Å². The van der Waals surface area contributed by atoms with E-state index in [0.717, 1.165) is 35.3 Å². The fourth-order valence-electron chi connectivity index (χ4n) is 5.02. The summed E-state index contributed by atoms with van der Waals surface area (Å²) in [7, 11) is 0. The molecule has 0 aromatic heterocycles. The molecule has 2 heteroatoms. The molecule has 4 aliphatic rings. The number of nitrogens with zero attached hydrogens (tertiary/aromatic N) is 1. The van der Waals surface area contributed by atoms with Crippen LogP contribution in [0.4, 0.5) is 0 Å². The Kier molecular flexibility index (Phi) is 3.71. The highest BCUT2D eigenvalue weighted by molar-refractivity contribution is 8.03. The average Bonchev–Trinajstić information content (AvgIpc) is 2.33. The second kappa shape index (κ2) is 5.29. The zero-order valence-electron chi connectivity index (χ0n) is 11.3. The summed E-state index contributed by atoms with van der Waals surface area (Å²) in [5.41, 5.74) is 0. The van der Waals surface area contributed by atoms with Gasteiger partial charge < -0.3 is 0 Å². The molecule has 18 heavy (non-hydrogen) atoms. The minimum absolute atomic E-state index is 0.899. The van der Waals surface area contributed by atoms with Crippen LogP contribution >= 0.6 is 11.8 Å². The summed E-state index contributed by atoms with van der Waals surface area (Å²) in [6.45, 7) is 2.19. The predicted octanol–water partition coefficient (Wildman–Crippen LogP) is 4.61. The van der Waals surface area contributed by atoms with Crippen molar-refractivity contribution in [3.8, 4) is 6.07 Å². The molecular weight excluding hydrogens is 238 g/mol. The summed E-state index contributed by atoms with van der Waals surface area (Å²) in [4.78, 5) is 1.34. The van der Waals surface area contributed by atoms with Crippen molar-refractivity contribution in [2.75, 3.05) is 5.75 Å². The molecule has 4 saturated carbocycles. The Morgan fingerprint density at radius 3 is 2.28 bits per heavy atom. The zero-order valence-corrected chi connectivity index (χ0v) is 12.1. The van der Waals surface area contributed by atoms with Crippen LogP contribution in [0.15, 0.2) is 11.0 Å². The number of rotatable bonds is 4. The van der Waals surface area contributed by atoms with Crippen molar-refractivity contribution in [2.45, 2.75) is 45.4 Å². The van der Waals surface area contributed by atoms with Gasteiger partial charge in [-0.25, -0.2) is 0 Å². The second-order valence-corrected chi connectivity index (χ2v) is 7.86. The molecule has 4 aliphatic carbocycles. The second-order valence-electron chi connectivity index (χ2n) is 6.47. The number of thioether (sulfide) groups is 1. The first-order valence-electron chi connectivity index (χ1n) is 7.51. The fraction of sp³-hybridized carbons (Fsp3) is 0.812. The Labute approximate surface area is 115 Å². The molecule has 0 N–H and O–H groups in total. The first kappa shape index (κ1) is 12.6. The number of nitriles is 1. The molecule has 0 aliphatic heterocycles. The lowest BCUT2D eigenvalue weighted by Crippen LogP contribution is -2.45. The molecule has 0 spiro atoms. The predicted molar refractivity (Wildman–Crippen MR) is 77.0 cm³/mol. The summed E-state index contributed by atoms with van der Waals surface area (Å²) < 4.78 is 0. The summed E-state index contributed by atoms with van der Waals surface area (Å²) >= 11 is 1.88. The van der Waals surface area contributed by atoms with E-state index >= 15 is 0 Å². The largest absolute Gasteiger partial charge is 0.193 e. The van der Waals surface area contributed by atoms with Gasteiger partial charge in [-0.3, -0.25) is 0 Å². The number of hydrogen-bond donors (Lipinski definition) is 0. The van der Waals surface area contributed by atoms with Crippen molar-refractivity contribution in [3.05, 3.63) is 11.0 Å². The van der Waals surface area contributed by atoms with Crippen molar-refractivity contribution in [1.82, 2.24) is 0 Å². The van der Waals surface area contributed by atoms with E-state index in [1.165, 1.54) is 43.4 Å². The third kappa shape index (κ3) is 2.35. The van der Waals surface area contributed by atoms with Gasteiger partial charge in [0.15, 0.2) is 0 Å². The van der Waals surface area contributed by atoms with Crippen molar-refractivity contribution >= 4 is 11.8 Å². The molecule has 0 radical (unpaired) electrons. The molecule has 0 unspecified atom stereocenters. The normalized spacial score (nSPS) is 42.0. The maximum Gasteiger partial charge on any atom is 0.0920 e. The highest BCUT2D eigenvalue weighted by Gasteiger charge is 2.47. The summed E-state index contributed by atoms with van der Waals surface area (Å²) in [5.74, 6) is 6.09. The fourth-order valence-corrected chi connectivity index (χ4v) is 5.84. The molecule has 0 heterocycles. The maximum atomic E-state index is 8.91. The molecule has 4 fully saturated rings. The van der Waals surface area contributed by atoms with Gasteiger partial charge in [0.25, 0.3) is 0 Å². The third-order valence-corrected chi connectivity index (χ3v) is 6.36. The van der Waals surface area contributed by atoms with Gasteiger partial charge in [-0.05, 0) is 78.8 Å². The monoisotopic (exact) mass is 261 g/mol. The van der Waals surface area contributed by atoms with Crippen LogP contribution in [0.25, 0.3) is 0 Å². The van der Waals surface area contributed by atoms with E-state index in [1.54, 1.807) is 6.08 Å². The van der Waals surface area contributed by atoms with Crippen LogP contribution in [0.5, 0.6) is 0 Å². The van der Waals surface area contributed by atoms with Gasteiger partial charge in [-0.15, -0.1) is 11.8 Å². The minimum Gasteiger partial charge on any atom is -0.193 e. The van der Waals surface area contributed by atoms with Crippen LogP contribution in [0.3, 0.4) is 0 Å². The summed E-state index contributed by atoms with van der Waals surface area (Å²) in [6.07, 6.45) is 10.5. The summed E-state index contributed by atoms with van der Waals surface area (Å²) in [5, 5.41) is 8.91. The Morgan fingerprint density at radius 2 is 1.78 bits per heavy atom. The van der Waals surface area contributed by atoms with Crippen LogP contribution in [0.2, 0.25) is 0 Å². The van der Waals surface area contributed by atoms with Gasteiger partial charge in [0.05, 0.1) is 6.07 Å². The van der Waals surface area contributed by atoms with Crippen molar-refractivity contribution in [1.29, 1.82) is 5.26 Å². The van der Waals surface area contributed by atoms with E-state index in [0.29, 0.717) is 0 Å². The molecular formula is C16H23NS. The molecule has 0 amide bonds. The lowest BCUT2D eigenvalue weighted by molar-refractivity contribution is -0.0352. The smallest absolute Gasteiger partial charge is 0.0920 e. The van der Waals surface area contributed by atoms with E-state index in [9.17, 15) is 0 Å². The molecule has 0 saturated heterocycles. The Balaban J connectivity index is 1.69. The van der Waals surface area contributed by atoms with Crippen LogP contribution in [0, 0.1) is 40.9 Å². The van der Waals surface area contributed by atoms with Crippen molar-refractivity contribution < 1.29 is 0 Å². The molecule has 98 valence electrons. The lowest BCUT2D eigenvalue weighted by Gasteiger charge is -2.54. The molecule has 0 aromatic rings. The number of allylic oxidation sites excluding steroid dienone is 2. The topological polar surface area (TPSA) is 23.8 Å². The van der Waals surface area contributed by atoms with Crippen molar-refractivity contribution in [3.63, 3.8) is 0 Å². The number of hydrogen-bond acceptors (Lipinski definition) is 2. The molecule has 0 aromatic carbocycles. The molecule has 4 rings (SSSR count). The van der Waals surface area contributed by atoms with E-state index in [-0.39, 0.29) is 0 Å². The highest BCUT2D eigenvalue weighted by Crippen LogP contribution is 2.58. The average molecular weight is 261 g/mol. The first-order valence-corrected chi connectivity index (χ1v) is 8.50. The zero-order chi connectivity index (χ0) is 12.5. The summed E-state index contributed by atoms with van der Waals surface area (Å²) in [6, 6.07) is 2.24. The van der Waals surface area contributed by atoms with E-state index < -0.39 is 0 Å².